The highest BCUT2D eigenvalue weighted by Gasteiger charge is 2.32. The van der Waals surface area contributed by atoms with E-state index in [0.717, 1.165) is 12.6 Å². The van der Waals surface area contributed by atoms with Crippen LogP contribution in [-0.4, -0.2) is 40.5 Å². The van der Waals surface area contributed by atoms with Gasteiger partial charge in [0, 0.05) is 31.5 Å². The molecule has 1 aliphatic rings. The van der Waals surface area contributed by atoms with Crippen LogP contribution in [0.4, 0.5) is 11.5 Å². The molecule has 1 atom stereocenters. The fourth-order valence-corrected chi connectivity index (χ4v) is 2.56. The molecule has 1 saturated heterocycles. The van der Waals surface area contributed by atoms with Crippen LogP contribution >= 0.6 is 0 Å². The van der Waals surface area contributed by atoms with Crippen LogP contribution in [0.1, 0.15) is 12.8 Å². The largest absolute Gasteiger partial charge is 0.382 e. The van der Waals surface area contributed by atoms with Crippen LogP contribution in [0.3, 0.4) is 0 Å². The number of oxime groups is 1. The van der Waals surface area contributed by atoms with E-state index in [1.807, 2.05) is 18.2 Å². The SMILES string of the molecule is Cn1ccc(N2CCCC(ON=CC(=O)Nc3ccccc3)C2=O)n1. The predicted molar refractivity (Wildman–Crippen MR) is 93.2 cm³/mol. The van der Waals surface area contributed by atoms with Gasteiger partial charge in [-0.15, -0.1) is 0 Å². The third kappa shape index (κ3) is 4.23. The molecule has 25 heavy (non-hydrogen) atoms. The van der Waals surface area contributed by atoms with Crippen molar-refractivity contribution in [2.45, 2.75) is 18.9 Å². The number of carbonyl (C=O) groups excluding carboxylic acids is 2. The van der Waals surface area contributed by atoms with E-state index >= 15 is 0 Å². The van der Waals surface area contributed by atoms with Crippen LogP contribution in [0.2, 0.25) is 0 Å². The first-order chi connectivity index (χ1) is 12.1. The van der Waals surface area contributed by atoms with Crippen molar-refractivity contribution in [1.29, 1.82) is 0 Å². The van der Waals surface area contributed by atoms with E-state index in [9.17, 15) is 9.59 Å². The van der Waals surface area contributed by atoms with Crippen LogP contribution in [-0.2, 0) is 21.5 Å². The molecule has 2 aromatic rings. The predicted octanol–water partition coefficient (Wildman–Crippen LogP) is 1.56. The zero-order chi connectivity index (χ0) is 17.6. The monoisotopic (exact) mass is 341 g/mol. The van der Waals surface area contributed by atoms with Gasteiger partial charge in [0.2, 0.25) is 6.10 Å². The molecule has 2 amide bonds. The Hall–Kier alpha value is -3.16. The molecule has 1 N–H and O–H groups in total. The van der Waals surface area contributed by atoms with Crippen LogP contribution in [0.5, 0.6) is 0 Å². The fraction of sp³-hybridized carbons (Fsp3) is 0.294. The van der Waals surface area contributed by atoms with E-state index in [1.54, 1.807) is 41.0 Å². The summed E-state index contributed by atoms with van der Waals surface area (Å²) in [6, 6.07) is 10.8. The lowest BCUT2D eigenvalue weighted by Crippen LogP contribution is -2.45. The van der Waals surface area contributed by atoms with E-state index in [1.165, 1.54) is 0 Å². The van der Waals surface area contributed by atoms with Crippen molar-refractivity contribution >= 4 is 29.5 Å². The van der Waals surface area contributed by atoms with Gasteiger partial charge in [0.25, 0.3) is 11.8 Å². The molecule has 1 aliphatic heterocycles. The number of amides is 2. The maximum absolute atomic E-state index is 12.5. The molecule has 8 heteroatoms. The van der Waals surface area contributed by atoms with Gasteiger partial charge in [0.05, 0.1) is 0 Å². The first kappa shape index (κ1) is 16.7. The third-order valence-electron chi connectivity index (χ3n) is 3.76. The van der Waals surface area contributed by atoms with E-state index in [4.69, 9.17) is 4.84 Å². The number of hydrogen-bond donors (Lipinski definition) is 1. The number of carbonyl (C=O) groups is 2. The van der Waals surface area contributed by atoms with Crippen molar-refractivity contribution in [3.8, 4) is 0 Å². The molecular weight excluding hydrogens is 322 g/mol. The smallest absolute Gasteiger partial charge is 0.272 e. The Bertz CT molecular complexity index is 772. The van der Waals surface area contributed by atoms with Crippen molar-refractivity contribution in [3.63, 3.8) is 0 Å². The van der Waals surface area contributed by atoms with Gasteiger partial charge in [-0.3, -0.25) is 19.2 Å². The summed E-state index contributed by atoms with van der Waals surface area (Å²) >= 11 is 0. The van der Waals surface area contributed by atoms with Gasteiger partial charge >= 0.3 is 0 Å². The average Bonchev–Trinajstić information content (AvgIpc) is 3.03. The lowest BCUT2D eigenvalue weighted by Gasteiger charge is -2.29. The maximum atomic E-state index is 12.5. The quantitative estimate of drug-likeness (QED) is 0.660. The van der Waals surface area contributed by atoms with E-state index < -0.39 is 12.0 Å². The average molecular weight is 341 g/mol. The lowest BCUT2D eigenvalue weighted by atomic mass is 10.1. The summed E-state index contributed by atoms with van der Waals surface area (Å²) in [6.45, 7) is 0.591. The number of benzene rings is 1. The van der Waals surface area contributed by atoms with Crippen molar-refractivity contribution < 1.29 is 14.4 Å². The summed E-state index contributed by atoms with van der Waals surface area (Å²) in [5.41, 5.74) is 0.661. The number of aromatic nitrogens is 2. The maximum Gasteiger partial charge on any atom is 0.272 e. The van der Waals surface area contributed by atoms with Gasteiger partial charge in [-0.05, 0) is 25.0 Å². The van der Waals surface area contributed by atoms with Crippen LogP contribution in [0.25, 0.3) is 0 Å². The zero-order valence-electron chi connectivity index (χ0n) is 13.8. The molecule has 1 unspecified atom stereocenters. The van der Waals surface area contributed by atoms with E-state index in [2.05, 4.69) is 15.6 Å². The topological polar surface area (TPSA) is 88.8 Å². The number of nitrogens with one attached hydrogen (secondary N) is 1. The molecule has 0 saturated carbocycles. The summed E-state index contributed by atoms with van der Waals surface area (Å²) in [5.74, 6) is -0.0341. The number of hydrogen-bond acceptors (Lipinski definition) is 5. The molecule has 1 aromatic carbocycles. The Kier molecular flexibility index (Phi) is 5.08. The minimum atomic E-state index is -0.712. The highest BCUT2D eigenvalue weighted by molar-refractivity contribution is 6.31. The second-order valence-electron chi connectivity index (χ2n) is 5.66. The second-order valence-corrected chi connectivity index (χ2v) is 5.66. The molecule has 0 radical (unpaired) electrons. The Labute approximate surface area is 145 Å². The van der Waals surface area contributed by atoms with Crippen molar-refractivity contribution in [2.75, 3.05) is 16.8 Å². The lowest BCUT2D eigenvalue weighted by molar-refractivity contribution is -0.132. The first-order valence-electron chi connectivity index (χ1n) is 8.00. The minimum absolute atomic E-state index is 0.203. The third-order valence-corrected chi connectivity index (χ3v) is 3.76. The second kappa shape index (κ2) is 7.61. The standard InChI is InChI=1S/C17H19N5O3/c1-21-11-9-15(20-21)22-10-5-8-14(17(22)24)25-18-12-16(23)19-13-6-3-2-4-7-13/h2-4,6-7,9,11-12,14H,5,8,10H2,1H3,(H,19,23). The minimum Gasteiger partial charge on any atom is -0.382 e. The number of piperidine rings is 1. The highest BCUT2D eigenvalue weighted by Crippen LogP contribution is 2.20. The number of anilines is 2. The van der Waals surface area contributed by atoms with E-state index in [-0.39, 0.29) is 5.91 Å². The summed E-state index contributed by atoms with van der Waals surface area (Å²) in [7, 11) is 1.79. The van der Waals surface area contributed by atoms with Gasteiger partial charge in [-0.2, -0.15) is 5.10 Å². The highest BCUT2D eigenvalue weighted by atomic mass is 16.6. The molecule has 3 rings (SSSR count). The number of aryl methyl sites for hydroxylation is 1. The van der Waals surface area contributed by atoms with Crippen molar-refractivity contribution in [2.24, 2.45) is 12.2 Å². The molecule has 2 heterocycles. The molecular formula is C17H19N5O3. The van der Waals surface area contributed by atoms with Crippen molar-refractivity contribution in [3.05, 3.63) is 42.6 Å². The van der Waals surface area contributed by atoms with Crippen LogP contribution in [0, 0.1) is 0 Å². The Morgan fingerprint density at radius 1 is 1.36 bits per heavy atom. The molecule has 1 aromatic heterocycles. The van der Waals surface area contributed by atoms with Crippen molar-refractivity contribution in [1.82, 2.24) is 9.78 Å². The first-order valence-corrected chi connectivity index (χ1v) is 8.00. The molecule has 130 valence electrons. The summed E-state index contributed by atoms with van der Waals surface area (Å²) < 4.78 is 1.64. The van der Waals surface area contributed by atoms with Gasteiger partial charge in [0.1, 0.15) is 6.21 Å². The Balaban J connectivity index is 1.55. The summed E-state index contributed by atoms with van der Waals surface area (Å²) in [5, 5.41) is 10.6. The number of rotatable bonds is 5. The van der Waals surface area contributed by atoms with Gasteiger partial charge in [-0.1, -0.05) is 23.4 Å². The molecule has 0 bridgehead atoms. The van der Waals surface area contributed by atoms with Crippen LogP contribution in [0.15, 0.2) is 47.8 Å². The van der Waals surface area contributed by atoms with Crippen LogP contribution < -0.4 is 10.2 Å². The van der Waals surface area contributed by atoms with Gasteiger partial charge < -0.3 is 10.2 Å². The number of nitrogens with zero attached hydrogens (tertiary/aromatic N) is 4. The number of para-hydroxylation sites is 1. The van der Waals surface area contributed by atoms with E-state index in [0.29, 0.717) is 24.5 Å². The molecule has 8 nitrogen and oxygen atoms in total. The fourth-order valence-electron chi connectivity index (χ4n) is 2.56. The Morgan fingerprint density at radius 3 is 2.88 bits per heavy atom. The molecule has 1 fully saturated rings. The normalized spacial score (nSPS) is 17.7. The van der Waals surface area contributed by atoms with Gasteiger partial charge in [-0.25, -0.2) is 0 Å². The zero-order valence-corrected chi connectivity index (χ0v) is 13.8. The summed E-state index contributed by atoms with van der Waals surface area (Å²) in [4.78, 5) is 31.1. The molecule has 0 aliphatic carbocycles. The molecule has 0 spiro atoms. The van der Waals surface area contributed by atoms with Gasteiger partial charge in [0.15, 0.2) is 5.82 Å². The summed E-state index contributed by atoms with van der Waals surface area (Å²) in [6.07, 6.45) is 3.43. The Morgan fingerprint density at radius 2 is 2.16 bits per heavy atom.